The molecule has 1 aromatic rings. The SMILES string of the molecule is O=C(O)c1ccc(CN2C(=O)CCSC2=O)s1. The Balaban J connectivity index is 2.11. The van der Waals surface area contributed by atoms with Gasteiger partial charge in [-0.05, 0) is 12.1 Å². The van der Waals surface area contributed by atoms with E-state index in [4.69, 9.17) is 5.11 Å². The van der Waals surface area contributed by atoms with Crippen molar-refractivity contribution >= 4 is 40.2 Å². The number of carboxylic acids is 1. The van der Waals surface area contributed by atoms with Crippen LogP contribution in [-0.4, -0.2) is 32.9 Å². The number of hydrogen-bond acceptors (Lipinski definition) is 5. The van der Waals surface area contributed by atoms with Crippen LogP contribution >= 0.6 is 23.1 Å². The highest BCUT2D eigenvalue weighted by Gasteiger charge is 2.27. The maximum Gasteiger partial charge on any atom is 0.345 e. The standard InChI is InChI=1S/C10H9NO4S2/c12-8-3-4-16-10(15)11(8)5-6-1-2-7(17-6)9(13)14/h1-2H,3-5H2,(H,13,14). The van der Waals surface area contributed by atoms with Crippen LogP contribution in [0.25, 0.3) is 0 Å². The number of carbonyl (C=O) groups is 3. The highest BCUT2D eigenvalue weighted by molar-refractivity contribution is 8.13. The molecular formula is C10H9NO4S2. The van der Waals surface area contributed by atoms with Gasteiger partial charge in [0.25, 0.3) is 5.24 Å². The van der Waals surface area contributed by atoms with E-state index >= 15 is 0 Å². The summed E-state index contributed by atoms with van der Waals surface area (Å²) in [7, 11) is 0. The largest absolute Gasteiger partial charge is 0.477 e. The molecule has 1 aromatic heterocycles. The molecule has 1 fully saturated rings. The lowest BCUT2D eigenvalue weighted by atomic mass is 10.3. The van der Waals surface area contributed by atoms with E-state index in [0.717, 1.165) is 23.1 Å². The summed E-state index contributed by atoms with van der Waals surface area (Å²) in [5, 5.41) is 8.51. The number of rotatable bonds is 3. The molecule has 5 nitrogen and oxygen atoms in total. The summed E-state index contributed by atoms with van der Waals surface area (Å²) in [6.07, 6.45) is 0.355. The van der Waals surface area contributed by atoms with Crippen molar-refractivity contribution in [2.75, 3.05) is 5.75 Å². The number of hydrogen-bond donors (Lipinski definition) is 1. The summed E-state index contributed by atoms with van der Waals surface area (Å²) in [6.45, 7) is 0.169. The first-order valence-electron chi connectivity index (χ1n) is 4.87. The van der Waals surface area contributed by atoms with Crippen molar-refractivity contribution in [3.63, 3.8) is 0 Å². The molecule has 2 rings (SSSR count). The van der Waals surface area contributed by atoms with Crippen LogP contribution < -0.4 is 0 Å². The van der Waals surface area contributed by atoms with Crippen molar-refractivity contribution < 1.29 is 19.5 Å². The van der Waals surface area contributed by atoms with E-state index in [0.29, 0.717) is 17.1 Å². The molecule has 0 saturated carbocycles. The van der Waals surface area contributed by atoms with Crippen molar-refractivity contribution in [2.45, 2.75) is 13.0 Å². The van der Waals surface area contributed by atoms with Crippen molar-refractivity contribution in [2.24, 2.45) is 0 Å². The summed E-state index contributed by atoms with van der Waals surface area (Å²) in [5.41, 5.74) is 0. The molecule has 0 spiro atoms. The maximum absolute atomic E-state index is 11.5. The number of imide groups is 1. The van der Waals surface area contributed by atoms with Crippen molar-refractivity contribution in [1.82, 2.24) is 4.90 Å². The second-order valence-corrected chi connectivity index (χ2v) is 5.63. The first-order valence-corrected chi connectivity index (χ1v) is 6.67. The molecule has 0 bridgehead atoms. The fourth-order valence-corrected chi connectivity index (χ4v) is 3.04. The van der Waals surface area contributed by atoms with Gasteiger partial charge in [0.15, 0.2) is 0 Å². The van der Waals surface area contributed by atoms with Gasteiger partial charge in [-0.2, -0.15) is 0 Å². The van der Waals surface area contributed by atoms with E-state index < -0.39 is 5.97 Å². The van der Waals surface area contributed by atoms with Gasteiger partial charge in [0.1, 0.15) is 4.88 Å². The van der Waals surface area contributed by atoms with E-state index in [1.165, 1.54) is 11.0 Å². The minimum Gasteiger partial charge on any atom is -0.477 e. The molecule has 1 saturated heterocycles. The molecule has 2 amide bonds. The van der Waals surface area contributed by atoms with E-state index in [2.05, 4.69) is 0 Å². The summed E-state index contributed by atoms with van der Waals surface area (Å²) in [5.74, 6) is -0.662. The highest BCUT2D eigenvalue weighted by Crippen LogP contribution is 2.24. The number of thiophene rings is 1. The molecule has 2 heterocycles. The van der Waals surface area contributed by atoms with Gasteiger partial charge in [-0.1, -0.05) is 11.8 Å². The monoisotopic (exact) mass is 271 g/mol. The van der Waals surface area contributed by atoms with E-state index in [-0.39, 0.29) is 22.6 Å². The first kappa shape index (κ1) is 12.1. The zero-order valence-electron chi connectivity index (χ0n) is 8.71. The Morgan fingerprint density at radius 1 is 1.41 bits per heavy atom. The van der Waals surface area contributed by atoms with Gasteiger partial charge < -0.3 is 5.11 Å². The second kappa shape index (κ2) is 4.89. The first-order chi connectivity index (χ1) is 8.08. The molecule has 0 unspecified atom stereocenters. The van der Waals surface area contributed by atoms with Gasteiger partial charge >= 0.3 is 5.97 Å². The quantitative estimate of drug-likeness (QED) is 0.910. The Hall–Kier alpha value is -1.34. The summed E-state index contributed by atoms with van der Waals surface area (Å²) in [4.78, 5) is 35.8. The number of aromatic carboxylic acids is 1. The number of carbonyl (C=O) groups excluding carboxylic acids is 2. The molecule has 7 heteroatoms. The number of thioether (sulfide) groups is 1. The van der Waals surface area contributed by atoms with E-state index in [9.17, 15) is 14.4 Å². The Morgan fingerprint density at radius 2 is 2.18 bits per heavy atom. The zero-order valence-corrected chi connectivity index (χ0v) is 10.3. The molecule has 17 heavy (non-hydrogen) atoms. The van der Waals surface area contributed by atoms with E-state index in [1.54, 1.807) is 6.07 Å². The van der Waals surface area contributed by atoms with Crippen LogP contribution in [0.2, 0.25) is 0 Å². The molecule has 0 aromatic carbocycles. The topological polar surface area (TPSA) is 74.7 Å². The minimum absolute atomic E-state index is 0.169. The van der Waals surface area contributed by atoms with Gasteiger partial charge in [-0.25, -0.2) is 4.79 Å². The van der Waals surface area contributed by atoms with Crippen LogP contribution in [0.3, 0.4) is 0 Å². The van der Waals surface area contributed by atoms with Crippen LogP contribution in [-0.2, 0) is 11.3 Å². The Morgan fingerprint density at radius 3 is 2.76 bits per heavy atom. The molecule has 0 radical (unpaired) electrons. The Bertz CT molecular complexity index is 466. The van der Waals surface area contributed by atoms with Crippen molar-refractivity contribution in [3.05, 3.63) is 21.9 Å². The number of carboxylic acid groups (broad SMARTS) is 1. The van der Waals surface area contributed by atoms with Crippen LogP contribution in [0.4, 0.5) is 4.79 Å². The van der Waals surface area contributed by atoms with Gasteiger partial charge in [-0.15, -0.1) is 11.3 Å². The maximum atomic E-state index is 11.5. The lowest BCUT2D eigenvalue weighted by Gasteiger charge is -2.23. The van der Waals surface area contributed by atoms with Crippen molar-refractivity contribution in [3.8, 4) is 0 Å². The normalized spacial score (nSPS) is 16.4. The van der Waals surface area contributed by atoms with E-state index in [1.807, 2.05) is 0 Å². The molecule has 1 aliphatic rings. The lowest BCUT2D eigenvalue weighted by molar-refractivity contribution is -0.128. The molecule has 90 valence electrons. The smallest absolute Gasteiger partial charge is 0.345 e. The fourth-order valence-electron chi connectivity index (χ4n) is 1.43. The van der Waals surface area contributed by atoms with Crippen LogP contribution in [0.5, 0.6) is 0 Å². The van der Waals surface area contributed by atoms with Crippen LogP contribution in [0.1, 0.15) is 21.0 Å². The molecule has 1 aliphatic heterocycles. The number of nitrogens with zero attached hydrogens (tertiary/aromatic N) is 1. The summed E-state index contributed by atoms with van der Waals surface area (Å²) < 4.78 is 0. The van der Waals surface area contributed by atoms with Gasteiger partial charge in [0.05, 0.1) is 6.54 Å². The average molecular weight is 271 g/mol. The summed E-state index contributed by atoms with van der Waals surface area (Å²) in [6, 6.07) is 3.11. The van der Waals surface area contributed by atoms with Crippen LogP contribution in [0, 0.1) is 0 Å². The molecule has 0 atom stereocenters. The predicted octanol–water partition coefficient (Wildman–Crippen LogP) is 2.03. The van der Waals surface area contributed by atoms with Gasteiger partial charge in [0, 0.05) is 17.1 Å². The molecular weight excluding hydrogens is 262 g/mol. The predicted molar refractivity (Wildman–Crippen MR) is 64.3 cm³/mol. The third kappa shape index (κ3) is 2.67. The molecule has 0 aliphatic carbocycles. The zero-order chi connectivity index (χ0) is 12.4. The fraction of sp³-hybridized carbons (Fsp3) is 0.300. The summed E-state index contributed by atoms with van der Waals surface area (Å²) >= 11 is 2.20. The Labute approximate surface area is 105 Å². The molecule has 1 N–H and O–H groups in total. The highest BCUT2D eigenvalue weighted by atomic mass is 32.2. The average Bonchev–Trinajstić information content (AvgIpc) is 2.72. The van der Waals surface area contributed by atoms with Gasteiger partial charge in [0.2, 0.25) is 5.91 Å². The lowest BCUT2D eigenvalue weighted by Crippen LogP contribution is -2.37. The second-order valence-electron chi connectivity index (χ2n) is 3.42. The third-order valence-electron chi connectivity index (χ3n) is 2.25. The van der Waals surface area contributed by atoms with Crippen molar-refractivity contribution in [1.29, 1.82) is 0 Å². The van der Waals surface area contributed by atoms with Crippen LogP contribution in [0.15, 0.2) is 12.1 Å². The number of amides is 2. The third-order valence-corrected chi connectivity index (χ3v) is 4.18. The minimum atomic E-state index is -0.994. The Kier molecular flexibility index (Phi) is 3.49. The van der Waals surface area contributed by atoms with Gasteiger partial charge in [-0.3, -0.25) is 14.5 Å².